The standard InChI is InChI=1S/C11H12Cl3NO3S/c1-11(16)2-3-15(6-11)19(17,18)10-8(13)4-7(12)5-9(10)14/h4-5,16H,2-3,6H2,1H3. The van der Waals surface area contributed by atoms with Gasteiger partial charge in [-0.15, -0.1) is 0 Å². The molecule has 2 rings (SSSR count). The molecule has 1 aromatic carbocycles. The summed E-state index contributed by atoms with van der Waals surface area (Å²) in [6.07, 6.45) is 0.370. The van der Waals surface area contributed by atoms with Crippen molar-refractivity contribution in [3.63, 3.8) is 0 Å². The van der Waals surface area contributed by atoms with E-state index in [-0.39, 0.29) is 33.1 Å². The molecular weight excluding hydrogens is 333 g/mol. The number of hydrogen-bond donors (Lipinski definition) is 1. The number of sulfonamides is 1. The topological polar surface area (TPSA) is 57.6 Å². The maximum atomic E-state index is 12.5. The lowest BCUT2D eigenvalue weighted by molar-refractivity contribution is 0.0762. The molecule has 0 bridgehead atoms. The van der Waals surface area contributed by atoms with Crippen LogP contribution in [0.25, 0.3) is 0 Å². The van der Waals surface area contributed by atoms with Crippen LogP contribution >= 0.6 is 34.8 Å². The van der Waals surface area contributed by atoms with Crippen LogP contribution in [0.3, 0.4) is 0 Å². The highest BCUT2D eigenvalue weighted by Crippen LogP contribution is 2.36. The lowest BCUT2D eigenvalue weighted by Crippen LogP contribution is -2.34. The summed E-state index contributed by atoms with van der Waals surface area (Å²) in [6.45, 7) is 1.84. The molecule has 106 valence electrons. The first-order valence-electron chi connectivity index (χ1n) is 5.50. The predicted octanol–water partition coefficient (Wildman–Crippen LogP) is 2.79. The van der Waals surface area contributed by atoms with E-state index in [0.29, 0.717) is 6.42 Å². The number of nitrogens with zero attached hydrogens (tertiary/aromatic N) is 1. The van der Waals surface area contributed by atoms with E-state index in [9.17, 15) is 13.5 Å². The molecule has 1 saturated heterocycles. The van der Waals surface area contributed by atoms with Crippen molar-refractivity contribution in [2.24, 2.45) is 0 Å². The zero-order chi connectivity index (χ0) is 14.4. The highest BCUT2D eigenvalue weighted by atomic mass is 35.5. The number of β-amino-alcohol motifs (C(OH)–C–C–N with tert-alkyl or cyclic N) is 1. The predicted molar refractivity (Wildman–Crippen MR) is 75.5 cm³/mol. The molecule has 0 aliphatic carbocycles. The quantitative estimate of drug-likeness (QED) is 0.897. The van der Waals surface area contributed by atoms with Crippen LogP contribution in [0.5, 0.6) is 0 Å². The average molecular weight is 345 g/mol. The second-order valence-corrected chi connectivity index (χ2v) is 7.91. The Hall–Kier alpha value is -0.0400. The van der Waals surface area contributed by atoms with E-state index in [1.165, 1.54) is 16.4 Å². The van der Waals surface area contributed by atoms with Gasteiger partial charge in [-0.25, -0.2) is 8.42 Å². The van der Waals surface area contributed by atoms with Gasteiger partial charge in [0.15, 0.2) is 0 Å². The number of halogens is 3. The molecule has 1 heterocycles. The molecule has 1 fully saturated rings. The Morgan fingerprint density at radius 3 is 2.21 bits per heavy atom. The van der Waals surface area contributed by atoms with Gasteiger partial charge in [0, 0.05) is 18.1 Å². The molecule has 8 heteroatoms. The van der Waals surface area contributed by atoms with Gasteiger partial charge in [-0.05, 0) is 25.5 Å². The molecule has 1 unspecified atom stereocenters. The van der Waals surface area contributed by atoms with E-state index < -0.39 is 15.6 Å². The monoisotopic (exact) mass is 343 g/mol. The van der Waals surface area contributed by atoms with Crippen molar-refractivity contribution in [1.29, 1.82) is 0 Å². The molecule has 1 atom stereocenters. The smallest absolute Gasteiger partial charge is 0.246 e. The maximum Gasteiger partial charge on any atom is 0.246 e. The molecule has 1 aliphatic heterocycles. The Balaban J connectivity index is 2.47. The third kappa shape index (κ3) is 3.01. The van der Waals surface area contributed by atoms with E-state index in [0.717, 1.165) is 0 Å². The molecule has 4 nitrogen and oxygen atoms in total. The summed E-state index contributed by atoms with van der Waals surface area (Å²) in [7, 11) is -3.84. The van der Waals surface area contributed by atoms with Crippen LogP contribution in [0.15, 0.2) is 17.0 Å². The van der Waals surface area contributed by atoms with E-state index in [1.54, 1.807) is 6.92 Å². The summed E-state index contributed by atoms with van der Waals surface area (Å²) in [6, 6.07) is 2.66. The van der Waals surface area contributed by atoms with Gasteiger partial charge in [0.1, 0.15) is 4.90 Å². The van der Waals surface area contributed by atoms with Crippen molar-refractivity contribution in [3.05, 3.63) is 27.2 Å². The number of aliphatic hydroxyl groups is 1. The zero-order valence-electron chi connectivity index (χ0n) is 10.0. The van der Waals surface area contributed by atoms with Crippen LogP contribution in [0, 0.1) is 0 Å². The fourth-order valence-corrected chi connectivity index (χ4v) is 5.06. The minimum Gasteiger partial charge on any atom is -0.389 e. The summed E-state index contributed by atoms with van der Waals surface area (Å²) < 4.78 is 26.1. The van der Waals surface area contributed by atoms with Crippen molar-refractivity contribution >= 4 is 44.8 Å². The van der Waals surface area contributed by atoms with Gasteiger partial charge >= 0.3 is 0 Å². The number of benzene rings is 1. The molecule has 0 saturated carbocycles. The summed E-state index contributed by atoms with van der Waals surface area (Å²) in [5, 5.41) is 10.1. The fourth-order valence-electron chi connectivity index (χ4n) is 2.01. The SMILES string of the molecule is CC1(O)CCN(S(=O)(=O)c2c(Cl)cc(Cl)cc2Cl)C1. The largest absolute Gasteiger partial charge is 0.389 e. The Morgan fingerprint density at radius 1 is 1.26 bits per heavy atom. The van der Waals surface area contributed by atoms with Crippen molar-refractivity contribution in [3.8, 4) is 0 Å². The Kier molecular flexibility index (Phi) is 4.09. The molecular formula is C11H12Cl3NO3S. The Bertz CT molecular complexity index is 593. The minimum atomic E-state index is -3.84. The summed E-state index contributed by atoms with van der Waals surface area (Å²) >= 11 is 17.6. The molecule has 1 aromatic rings. The van der Waals surface area contributed by atoms with Gasteiger partial charge in [0.2, 0.25) is 10.0 Å². The van der Waals surface area contributed by atoms with E-state index in [4.69, 9.17) is 34.8 Å². The van der Waals surface area contributed by atoms with Crippen molar-refractivity contribution in [2.45, 2.75) is 23.8 Å². The first kappa shape index (κ1) is 15.4. The van der Waals surface area contributed by atoms with Crippen LogP contribution in [-0.2, 0) is 10.0 Å². The Labute approximate surface area is 126 Å². The second kappa shape index (κ2) is 5.06. The average Bonchev–Trinajstić information content (AvgIpc) is 2.57. The lowest BCUT2D eigenvalue weighted by atomic mass is 10.1. The zero-order valence-corrected chi connectivity index (χ0v) is 13.1. The lowest BCUT2D eigenvalue weighted by Gasteiger charge is -2.20. The van der Waals surface area contributed by atoms with Crippen molar-refractivity contribution < 1.29 is 13.5 Å². The number of rotatable bonds is 2. The van der Waals surface area contributed by atoms with Gasteiger partial charge in [-0.1, -0.05) is 34.8 Å². The van der Waals surface area contributed by atoms with Gasteiger partial charge in [-0.2, -0.15) is 4.31 Å². The van der Waals surface area contributed by atoms with Gasteiger partial charge < -0.3 is 5.11 Å². The Morgan fingerprint density at radius 2 is 1.79 bits per heavy atom. The van der Waals surface area contributed by atoms with E-state index in [1.807, 2.05) is 0 Å². The summed E-state index contributed by atoms with van der Waals surface area (Å²) in [5.74, 6) is 0. The fraction of sp³-hybridized carbons (Fsp3) is 0.455. The number of hydrogen-bond acceptors (Lipinski definition) is 3. The molecule has 0 spiro atoms. The van der Waals surface area contributed by atoms with Crippen LogP contribution in [0.1, 0.15) is 13.3 Å². The highest BCUT2D eigenvalue weighted by molar-refractivity contribution is 7.89. The first-order valence-corrected chi connectivity index (χ1v) is 8.08. The van der Waals surface area contributed by atoms with Gasteiger partial charge in [0.25, 0.3) is 0 Å². The van der Waals surface area contributed by atoms with Crippen LogP contribution in [-0.4, -0.2) is 36.5 Å². The van der Waals surface area contributed by atoms with Crippen LogP contribution in [0.4, 0.5) is 0 Å². The van der Waals surface area contributed by atoms with Crippen molar-refractivity contribution in [1.82, 2.24) is 4.31 Å². The summed E-state index contributed by atoms with van der Waals surface area (Å²) in [5.41, 5.74) is -1.03. The third-order valence-corrected chi connectivity index (χ3v) is 5.96. The van der Waals surface area contributed by atoms with E-state index in [2.05, 4.69) is 0 Å². The van der Waals surface area contributed by atoms with Gasteiger partial charge in [0.05, 0.1) is 15.6 Å². The van der Waals surface area contributed by atoms with Crippen LogP contribution < -0.4 is 0 Å². The maximum absolute atomic E-state index is 12.5. The van der Waals surface area contributed by atoms with Crippen LogP contribution in [0.2, 0.25) is 15.1 Å². The minimum absolute atomic E-state index is 0.0185. The molecule has 0 aromatic heterocycles. The third-order valence-electron chi connectivity index (χ3n) is 2.98. The molecule has 1 N–H and O–H groups in total. The molecule has 0 amide bonds. The molecule has 19 heavy (non-hydrogen) atoms. The summed E-state index contributed by atoms with van der Waals surface area (Å²) in [4.78, 5) is -0.169. The normalized spacial score (nSPS) is 24.9. The first-order chi connectivity index (χ1) is 8.63. The molecule has 0 radical (unpaired) electrons. The van der Waals surface area contributed by atoms with Gasteiger partial charge in [-0.3, -0.25) is 0 Å². The van der Waals surface area contributed by atoms with Crippen molar-refractivity contribution in [2.75, 3.05) is 13.1 Å². The highest BCUT2D eigenvalue weighted by Gasteiger charge is 2.40. The second-order valence-electron chi connectivity index (χ2n) is 4.78. The van der Waals surface area contributed by atoms with E-state index >= 15 is 0 Å². The molecule has 1 aliphatic rings.